The lowest BCUT2D eigenvalue weighted by molar-refractivity contribution is 0.0698. The number of benzene rings is 1. The lowest BCUT2D eigenvalue weighted by Crippen LogP contribution is -2.07. The molecule has 18 heavy (non-hydrogen) atoms. The van der Waals surface area contributed by atoms with Crippen LogP contribution in [0.25, 0.3) is 0 Å². The first kappa shape index (κ1) is 14.6. The first-order valence-electron chi connectivity index (χ1n) is 6.82. The maximum Gasteiger partial charge on any atom is 0.337 e. The van der Waals surface area contributed by atoms with Crippen molar-refractivity contribution in [3.8, 4) is 0 Å². The molecule has 0 aliphatic heterocycles. The van der Waals surface area contributed by atoms with Gasteiger partial charge in [-0.2, -0.15) is 0 Å². The second kappa shape index (κ2) is 8.56. The largest absolute Gasteiger partial charge is 0.478 e. The summed E-state index contributed by atoms with van der Waals surface area (Å²) < 4.78 is 0. The third kappa shape index (κ3) is 5.21. The topological polar surface area (TPSA) is 49.3 Å². The monoisotopic (exact) mass is 249 g/mol. The fourth-order valence-electron chi connectivity index (χ4n) is 1.95. The van der Waals surface area contributed by atoms with Crippen molar-refractivity contribution < 1.29 is 9.90 Å². The Kier molecular flexibility index (Phi) is 6.92. The Morgan fingerprint density at radius 1 is 1.11 bits per heavy atom. The summed E-state index contributed by atoms with van der Waals surface area (Å²) >= 11 is 0. The maximum atomic E-state index is 11.0. The van der Waals surface area contributed by atoms with E-state index in [0.29, 0.717) is 5.56 Å². The molecule has 0 atom stereocenters. The van der Waals surface area contributed by atoms with Crippen LogP contribution in [0.5, 0.6) is 0 Å². The smallest absolute Gasteiger partial charge is 0.337 e. The van der Waals surface area contributed by atoms with E-state index < -0.39 is 5.97 Å². The van der Waals surface area contributed by atoms with Crippen LogP contribution in [0.3, 0.4) is 0 Å². The van der Waals surface area contributed by atoms with E-state index in [1.165, 1.54) is 32.1 Å². The van der Waals surface area contributed by atoms with Gasteiger partial charge in [0, 0.05) is 12.2 Å². The lowest BCUT2D eigenvalue weighted by Gasteiger charge is -2.09. The van der Waals surface area contributed by atoms with E-state index in [-0.39, 0.29) is 0 Å². The van der Waals surface area contributed by atoms with Crippen molar-refractivity contribution in [1.82, 2.24) is 0 Å². The first-order chi connectivity index (χ1) is 8.75. The van der Waals surface area contributed by atoms with E-state index in [0.717, 1.165) is 18.7 Å². The molecule has 0 fully saturated rings. The van der Waals surface area contributed by atoms with E-state index in [1.54, 1.807) is 12.1 Å². The molecule has 3 heteroatoms. The van der Waals surface area contributed by atoms with Crippen molar-refractivity contribution in [2.45, 2.75) is 45.4 Å². The van der Waals surface area contributed by atoms with Gasteiger partial charge in [0.05, 0.1) is 5.56 Å². The van der Waals surface area contributed by atoms with E-state index in [9.17, 15) is 4.79 Å². The molecule has 3 nitrogen and oxygen atoms in total. The van der Waals surface area contributed by atoms with Crippen molar-refractivity contribution in [2.24, 2.45) is 0 Å². The second-order valence-corrected chi connectivity index (χ2v) is 4.55. The van der Waals surface area contributed by atoms with Gasteiger partial charge >= 0.3 is 5.97 Å². The normalized spacial score (nSPS) is 10.3. The fourth-order valence-corrected chi connectivity index (χ4v) is 1.95. The molecule has 0 spiro atoms. The van der Waals surface area contributed by atoms with Gasteiger partial charge in [0.1, 0.15) is 0 Å². The first-order valence-corrected chi connectivity index (χ1v) is 6.82. The van der Waals surface area contributed by atoms with Crippen molar-refractivity contribution >= 4 is 11.7 Å². The minimum atomic E-state index is -0.874. The molecule has 1 aromatic rings. The third-order valence-corrected chi connectivity index (χ3v) is 3.00. The molecule has 0 aliphatic carbocycles. The van der Waals surface area contributed by atoms with E-state index in [2.05, 4.69) is 12.2 Å². The predicted molar refractivity (Wildman–Crippen MR) is 75.3 cm³/mol. The van der Waals surface area contributed by atoms with Gasteiger partial charge in [-0.15, -0.1) is 0 Å². The van der Waals surface area contributed by atoms with Crippen molar-refractivity contribution in [1.29, 1.82) is 0 Å². The Morgan fingerprint density at radius 2 is 1.78 bits per heavy atom. The van der Waals surface area contributed by atoms with Crippen LogP contribution < -0.4 is 5.32 Å². The van der Waals surface area contributed by atoms with Crippen LogP contribution >= 0.6 is 0 Å². The summed E-state index contributed by atoms with van der Waals surface area (Å²) in [4.78, 5) is 11.0. The molecule has 0 saturated heterocycles. The summed E-state index contributed by atoms with van der Waals surface area (Å²) in [6.07, 6.45) is 7.47. The molecule has 0 unspecified atom stereocenters. The highest BCUT2D eigenvalue weighted by Crippen LogP contribution is 2.15. The van der Waals surface area contributed by atoms with Crippen LogP contribution in [0.15, 0.2) is 24.3 Å². The Morgan fingerprint density at radius 3 is 2.50 bits per heavy atom. The maximum absolute atomic E-state index is 11.0. The highest BCUT2D eigenvalue weighted by Gasteiger charge is 2.07. The molecule has 0 amide bonds. The van der Waals surface area contributed by atoms with Gasteiger partial charge in [0.25, 0.3) is 0 Å². The number of carboxylic acid groups (broad SMARTS) is 1. The minimum Gasteiger partial charge on any atom is -0.478 e. The zero-order chi connectivity index (χ0) is 13.2. The fraction of sp³-hybridized carbons (Fsp3) is 0.533. The molecule has 0 bridgehead atoms. The molecule has 0 aromatic heterocycles. The molecule has 0 aliphatic rings. The van der Waals surface area contributed by atoms with Gasteiger partial charge in [-0.1, -0.05) is 51.2 Å². The molecule has 100 valence electrons. The molecule has 0 saturated carbocycles. The molecular formula is C15H23NO2. The number of nitrogens with one attached hydrogen (secondary N) is 1. The Hall–Kier alpha value is -1.51. The minimum absolute atomic E-state index is 0.350. The average molecular weight is 249 g/mol. The summed E-state index contributed by atoms with van der Waals surface area (Å²) in [6, 6.07) is 7.06. The predicted octanol–water partition coefficient (Wildman–Crippen LogP) is 4.16. The van der Waals surface area contributed by atoms with Crippen LogP contribution in [0, 0.1) is 0 Å². The standard InChI is InChI=1S/C15H23NO2/c1-2-3-4-5-6-9-12-16-14-11-8-7-10-13(14)15(17)18/h7-8,10-11,16H,2-6,9,12H2,1H3,(H,17,18). The SMILES string of the molecule is CCCCCCCCNc1ccccc1C(=O)O. The summed E-state index contributed by atoms with van der Waals surface area (Å²) in [5, 5.41) is 12.2. The number of carbonyl (C=O) groups is 1. The summed E-state index contributed by atoms with van der Waals surface area (Å²) in [5.41, 5.74) is 1.07. The van der Waals surface area contributed by atoms with Gasteiger partial charge in [-0.3, -0.25) is 0 Å². The van der Waals surface area contributed by atoms with Crippen LogP contribution in [0.1, 0.15) is 55.8 Å². The number of hydrogen-bond acceptors (Lipinski definition) is 2. The number of unbranched alkanes of at least 4 members (excludes halogenated alkanes) is 5. The Labute approximate surface area is 109 Å². The molecule has 0 radical (unpaired) electrons. The van der Waals surface area contributed by atoms with Gasteiger partial charge in [-0.05, 0) is 18.6 Å². The van der Waals surface area contributed by atoms with Crippen LogP contribution in [-0.4, -0.2) is 17.6 Å². The van der Waals surface area contributed by atoms with Crippen molar-refractivity contribution in [2.75, 3.05) is 11.9 Å². The molecular weight excluding hydrogens is 226 g/mol. The Bertz CT molecular complexity index is 363. The summed E-state index contributed by atoms with van der Waals surface area (Å²) in [7, 11) is 0. The van der Waals surface area contributed by atoms with Crippen molar-refractivity contribution in [3.05, 3.63) is 29.8 Å². The van der Waals surface area contributed by atoms with Crippen LogP contribution in [-0.2, 0) is 0 Å². The third-order valence-electron chi connectivity index (χ3n) is 3.00. The Balaban J connectivity index is 2.25. The zero-order valence-electron chi connectivity index (χ0n) is 11.1. The van der Waals surface area contributed by atoms with Crippen molar-refractivity contribution in [3.63, 3.8) is 0 Å². The molecule has 0 heterocycles. The van der Waals surface area contributed by atoms with E-state index in [1.807, 2.05) is 12.1 Å². The highest BCUT2D eigenvalue weighted by atomic mass is 16.4. The van der Waals surface area contributed by atoms with Crippen LogP contribution in [0.2, 0.25) is 0 Å². The summed E-state index contributed by atoms with van der Waals surface area (Å²) in [5.74, 6) is -0.874. The van der Waals surface area contributed by atoms with E-state index >= 15 is 0 Å². The number of para-hydroxylation sites is 1. The van der Waals surface area contributed by atoms with Gasteiger partial charge in [0.15, 0.2) is 0 Å². The van der Waals surface area contributed by atoms with Gasteiger partial charge < -0.3 is 10.4 Å². The number of carboxylic acids is 1. The number of anilines is 1. The molecule has 2 N–H and O–H groups in total. The van der Waals surface area contributed by atoms with Gasteiger partial charge in [0.2, 0.25) is 0 Å². The quantitative estimate of drug-likeness (QED) is 0.646. The number of hydrogen-bond donors (Lipinski definition) is 2. The molecule has 1 aromatic carbocycles. The highest BCUT2D eigenvalue weighted by molar-refractivity contribution is 5.94. The molecule has 1 rings (SSSR count). The zero-order valence-corrected chi connectivity index (χ0v) is 11.1. The summed E-state index contributed by atoms with van der Waals surface area (Å²) in [6.45, 7) is 3.06. The second-order valence-electron chi connectivity index (χ2n) is 4.55. The average Bonchev–Trinajstić information content (AvgIpc) is 2.38. The van der Waals surface area contributed by atoms with Gasteiger partial charge in [-0.25, -0.2) is 4.79 Å². The van der Waals surface area contributed by atoms with Crippen LogP contribution in [0.4, 0.5) is 5.69 Å². The van der Waals surface area contributed by atoms with E-state index in [4.69, 9.17) is 5.11 Å². The number of aromatic carboxylic acids is 1. The number of rotatable bonds is 9. The lowest BCUT2D eigenvalue weighted by atomic mass is 10.1.